The van der Waals surface area contributed by atoms with Gasteiger partial charge in [-0.3, -0.25) is 4.79 Å². The fourth-order valence-electron chi connectivity index (χ4n) is 2.21. The Morgan fingerprint density at radius 3 is 3.00 bits per heavy atom. The third-order valence-corrected chi connectivity index (χ3v) is 3.52. The Hall–Kier alpha value is -2.20. The van der Waals surface area contributed by atoms with Crippen molar-refractivity contribution in [1.82, 2.24) is 5.32 Å². The molecule has 0 aromatic heterocycles. The number of carbonyl (C=O) groups is 1. The van der Waals surface area contributed by atoms with Gasteiger partial charge in [0.15, 0.2) is 6.10 Å². The third-order valence-electron chi connectivity index (χ3n) is 3.28. The highest BCUT2D eigenvalue weighted by atomic mass is 35.5. The number of para-hydroxylation sites is 2. The Balaban J connectivity index is 1.59. The zero-order valence-electron chi connectivity index (χ0n) is 11.3. The number of amides is 1. The van der Waals surface area contributed by atoms with Crippen LogP contribution in [0.5, 0.6) is 5.75 Å². The smallest absolute Gasteiger partial charge is 0.263 e. The van der Waals surface area contributed by atoms with Gasteiger partial charge < -0.3 is 15.4 Å². The summed E-state index contributed by atoms with van der Waals surface area (Å²) in [7, 11) is 0. The Morgan fingerprint density at radius 1 is 1.29 bits per heavy atom. The van der Waals surface area contributed by atoms with Crippen LogP contribution in [-0.2, 0) is 11.3 Å². The predicted molar refractivity (Wildman–Crippen MR) is 82.6 cm³/mol. The van der Waals surface area contributed by atoms with Crippen LogP contribution in [0.4, 0.5) is 5.69 Å². The van der Waals surface area contributed by atoms with Gasteiger partial charge in [0.25, 0.3) is 5.91 Å². The highest BCUT2D eigenvalue weighted by Gasteiger charge is 2.25. The Kier molecular flexibility index (Phi) is 3.97. The van der Waals surface area contributed by atoms with Crippen molar-refractivity contribution in [2.45, 2.75) is 12.6 Å². The highest BCUT2D eigenvalue weighted by Crippen LogP contribution is 2.28. The molecule has 0 radical (unpaired) electrons. The lowest BCUT2D eigenvalue weighted by Crippen LogP contribution is -2.44. The standard InChI is InChI=1S/C16H15ClN2O2/c17-12-5-3-4-11(8-12)9-19-16(20)15-10-18-13-6-1-2-7-14(13)21-15/h1-8,15,18H,9-10H2,(H,19,20). The van der Waals surface area contributed by atoms with Crippen molar-refractivity contribution in [2.75, 3.05) is 11.9 Å². The van der Waals surface area contributed by atoms with Gasteiger partial charge in [-0.2, -0.15) is 0 Å². The number of hydrogen-bond donors (Lipinski definition) is 2. The van der Waals surface area contributed by atoms with E-state index in [0.29, 0.717) is 23.9 Å². The van der Waals surface area contributed by atoms with Crippen molar-refractivity contribution in [1.29, 1.82) is 0 Å². The van der Waals surface area contributed by atoms with Crippen LogP contribution in [0.3, 0.4) is 0 Å². The Labute approximate surface area is 128 Å². The molecule has 1 aliphatic heterocycles. The zero-order valence-corrected chi connectivity index (χ0v) is 12.1. The predicted octanol–water partition coefficient (Wildman–Crippen LogP) is 2.83. The quantitative estimate of drug-likeness (QED) is 0.916. The van der Waals surface area contributed by atoms with E-state index < -0.39 is 6.10 Å². The second kappa shape index (κ2) is 6.06. The molecule has 5 heteroatoms. The van der Waals surface area contributed by atoms with E-state index >= 15 is 0 Å². The maximum absolute atomic E-state index is 12.2. The van der Waals surface area contributed by atoms with Gasteiger partial charge in [-0.25, -0.2) is 0 Å². The van der Waals surface area contributed by atoms with Crippen molar-refractivity contribution in [3.05, 3.63) is 59.1 Å². The topological polar surface area (TPSA) is 50.4 Å². The average Bonchev–Trinajstić information content (AvgIpc) is 2.52. The van der Waals surface area contributed by atoms with Crippen molar-refractivity contribution >= 4 is 23.2 Å². The molecule has 0 aliphatic carbocycles. The van der Waals surface area contributed by atoms with E-state index in [0.717, 1.165) is 11.3 Å². The first-order valence-electron chi connectivity index (χ1n) is 6.74. The summed E-state index contributed by atoms with van der Waals surface area (Å²) >= 11 is 5.92. The van der Waals surface area contributed by atoms with Gasteiger partial charge in [-0.1, -0.05) is 35.9 Å². The molecule has 0 saturated carbocycles. The van der Waals surface area contributed by atoms with Gasteiger partial charge in [-0.05, 0) is 29.8 Å². The number of anilines is 1. The van der Waals surface area contributed by atoms with Crippen LogP contribution in [0, 0.1) is 0 Å². The molecule has 0 bridgehead atoms. The number of rotatable bonds is 3. The molecule has 0 spiro atoms. The molecule has 2 N–H and O–H groups in total. The second-order valence-corrected chi connectivity index (χ2v) is 5.27. The number of ether oxygens (including phenoxy) is 1. The molecular formula is C16H15ClN2O2. The van der Waals surface area contributed by atoms with E-state index in [1.165, 1.54) is 0 Å². The van der Waals surface area contributed by atoms with Crippen LogP contribution in [0.2, 0.25) is 5.02 Å². The first kappa shape index (κ1) is 13.8. The van der Waals surface area contributed by atoms with E-state index in [2.05, 4.69) is 10.6 Å². The van der Waals surface area contributed by atoms with Crippen molar-refractivity contribution < 1.29 is 9.53 Å². The number of hydrogen-bond acceptors (Lipinski definition) is 3. The average molecular weight is 303 g/mol. The number of fused-ring (bicyclic) bond motifs is 1. The molecular weight excluding hydrogens is 288 g/mol. The lowest BCUT2D eigenvalue weighted by atomic mass is 10.2. The molecule has 0 fully saturated rings. The molecule has 1 amide bonds. The molecule has 1 atom stereocenters. The number of carbonyl (C=O) groups excluding carboxylic acids is 1. The summed E-state index contributed by atoms with van der Waals surface area (Å²) in [5.74, 6) is 0.559. The fraction of sp³-hybridized carbons (Fsp3) is 0.188. The van der Waals surface area contributed by atoms with Crippen molar-refractivity contribution in [3.63, 3.8) is 0 Å². The van der Waals surface area contributed by atoms with Gasteiger partial charge >= 0.3 is 0 Å². The van der Waals surface area contributed by atoms with Crippen LogP contribution in [0.15, 0.2) is 48.5 Å². The summed E-state index contributed by atoms with van der Waals surface area (Å²) in [4.78, 5) is 12.2. The molecule has 108 valence electrons. The molecule has 1 heterocycles. The Morgan fingerprint density at radius 2 is 2.14 bits per heavy atom. The minimum absolute atomic E-state index is 0.142. The lowest BCUT2D eigenvalue weighted by molar-refractivity contribution is -0.127. The van der Waals surface area contributed by atoms with E-state index in [9.17, 15) is 4.79 Å². The monoisotopic (exact) mass is 302 g/mol. The molecule has 21 heavy (non-hydrogen) atoms. The number of halogens is 1. The van der Waals surface area contributed by atoms with Crippen LogP contribution >= 0.6 is 11.6 Å². The van der Waals surface area contributed by atoms with Crippen LogP contribution in [0.1, 0.15) is 5.56 Å². The van der Waals surface area contributed by atoms with E-state index in [-0.39, 0.29) is 5.91 Å². The van der Waals surface area contributed by atoms with E-state index in [1.54, 1.807) is 6.07 Å². The minimum atomic E-state index is -0.529. The van der Waals surface area contributed by atoms with Gasteiger partial charge in [0.05, 0.1) is 12.2 Å². The molecule has 0 saturated heterocycles. The van der Waals surface area contributed by atoms with Gasteiger partial charge in [0.1, 0.15) is 5.75 Å². The van der Waals surface area contributed by atoms with Crippen LogP contribution < -0.4 is 15.4 Å². The van der Waals surface area contributed by atoms with Crippen LogP contribution in [0.25, 0.3) is 0 Å². The molecule has 2 aromatic rings. The summed E-state index contributed by atoms with van der Waals surface area (Å²) < 4.78 is 5.71. The largest absolute Gasteiger partial charge is 0.477 e. The van der Waals surface area contributed by atoms with Crippen molar-refractivity contribution in [3.8, 4) is 5.75 Å². The molecule has 1 unspecified atom stereocenters. The molecule has 2 aromatic carbocycles. The van der Waals surface area contributed by atoms with Gasteiger partial charge in [0.2, 0.25) is 0 Å². The molecule has 1 aliphatic rings. The highest BCUT2D eigenvalue weighted by molar-refractivity contribution is 6.30. The third kappa shape index (κ3) is 3.28. The summed E-state index contributed by atoms with van der Waals surface area (Å²) in [6.45, 7) is 0.888. The molecule has 3 rings (SSSR count). The SMILES string of the molecule is O=C(NCc1cccc(Cl)c1)C1CNc2ccccc2O1. The second-order valence-electron chi connectivity index (χ2n) is 4.83. The lowest BCUT2D eigenvalue weighted by Gasteiger charge is -2.26. The van der Waals surface area contributed by atoms with E-state index in [1.807, 2.05) is 42.5 Å². The maximum Gasteiger partial charge on any atom is 0.263 e. The summed E-state index contributed by atoms with van der Waals surface area (Å²) in [5, 5.41) is 6.72. The number of benzene rings is 2. The number of nitrogens with one attached hydrogen (secondary N) is 2. The summed E-state index contributed by atoms with van der Waals surface area (Å²) in [6, 6.07) is 15.0. The fourth-order valence-corrected chi connectivity index (χ4v) is 2.42. The maximum atomic E-state index is 12.2. The van der Waals surface area contributed by atoms with Crippen molar-refractivity contribution in [2.24, 2.45) is 0 Å². The van der Waals surface area contributed by atoms with Gasteiger partial charge in [0, 0.05) is 11.6 Å². The van der Waals surface area contributed by atoms with E-state index in [4.69, 9.17) is 16.3 Å². The minimum Gasteiger partial charge on any atom is -0.477 e. The summed E-state index contributed by atoms with van der Waals surface area (Å²) in [6.07, 6.45) is -0.529. The normalized spacial score (nSPS) is 16.3. The first-order valence-corrected chi connectivity index (χ1v) is 7.12. The Bertz CT molecular complexity index is 660. The molecule has 4 nitrogen and oxygen atoms in total. The van der Waals surface area contributed by atoms with Gasteiger partial charge in [-0.15, -0.1) is 0 Å². The zero-order chi connectivity index (χ0) is 14.7. The van der Waals surface area contributed by atoms with Crippen LogP contribution in [-0.4, -0.2) is 18.6 Å². The summed E-state index contributed by atoms with van der Waals surface area (Å²) in [5.41, 5.74) is 1.87. The first-order chi connectivity index (χ1) is 10.2.